The molecule has 0 unspecified atom stereocenters. The molecule has 0 aliphatic heterocycles. The average molecular weight is 347 g/mol. The zero-order valence-electron chi connectivity index (χ0n) is 11.9. The van der Waals surface area contributed by atoms with Gasteiger partial charge in [-0.15, -0.1) is 11.3 Å². The molecular formula is C17H12ClFN2OS. The fraction of sp³-hybridized carbons (Fsp3) is 0.0588. The summed E-state index contributed by atoms with van der Waals surface area (Å²) >= 11 is 7.25. The summed E-state index contributed by atoms with van der Waals surface area (Å²) < 4.78 is 13.1. The van der Waals surface area contributed by atoms with E-state index in [2.05, 4.69) is 10.3 Å². The van der Waals surface area contributed by atoms with Gasteiger partial charge in [0.05, 0.1) is 0 Å². The number of hydrogen-bond donors (Lipinski definition) is 1. The maximum atomic E-state index is 13.1. The molecule has 116 valence electrons. The van der Waals surface area contributed by atoms with E-state index in [0.717, 1.165) is 10.4 Å². The number of carbonyl (C=O) groups excluding carboxylic acids is 1. The van der Waals surface area contributed by atoms with Crippen LogP contribution < -0.4 is 5.32 Å². The summed E-state index contributed by atoms with van der Waals surface area (Å²) in [6.07, 6.45) is 2.44. The van der Waals surface area contributed by atoms with Gasteiger partial charge >= 0.3 is 0 Å². The molecule has 0 fully saturated rings. The lowest BCUT2D eigenvalue weighted by atomic mass is 10.1. The first-order valence-corrected chi connectivity index (χ1v) is 8.06. The maximum Gasteiger partial charge on any atom is 0.257 e. The van der Waals surface area contributed by atoms with Crippen molar-refractivity contribution in [1.29, 1.82) is 0 Å². The van der Waals surface area contributed by atoms with Crippen LogP contribution in [0, 0.1) is 5.82 Å². The number of aromatic nitrogens is 1. The quantitative estimate of drug-likeness (QED) is 0.738. The summed E-state index contributed by atoms with van der Waals surface area (Å²) in [7, 11) is 0. The molecule has 0 saturated carbocycles. The molecule has 1 heterocycles. The van der Waals surface area contributed by atoms with Crippen molar-refractivity contribution in [2.24, 2.45) is 0 Å². The minimum absolute atomic E-state index is 0.263. The Bertz CT molecular complexity index is 833. The smallest absolute Gasteiger partial charge is 0.257 e. The lowest BCUT2D eigenvalue weighted by Gasteiger charge is -2.01. The Kier molecular flexibility index (Phi) is 4.69. The Morgan fingerprint density at radius 3 is 2.74 bits per heavy atom. The Balaban J connectivity index is 1.67. The Hall–Kier alpha value is -2.24. The third kappa shape index (κ3) is 4.15. The first-order valence-electron chi connectivity index (χ1n) is 6.86. The number of amides is 1. The Labute approximate surface area is 141 Å². The molecule has 1 amide bonds. The van der Waals surface area contributed by atoms with Gasteiger partial charge in [0, 0.05) is 28.1 Å². The van der Waals surface area contributed by atoms with Gasteiger partial charge in [0.2, 0.25) is 0 Å². The maximum absolute atomic E-state index is 13.1. The molecule has 23 heavy (non-hydrogen) atoms. The second-order valence-electron chi connectivity index (χ2n) is 4.90. The van der Waals surface area contributed by atoms with Crippen molar-refractivity contribution >= 4 is 34.0 Å². The van der Waals surface area contributed by atoms with Gasteiger partial charge in [-0.05, 0) is 35.9 Å². The molecule has 0 radical (unpaired) electrons. The number of anilines is 1. The first-order chi connectivity index (χ1) is 11.1. The summed E-state index contributed by atoms with van der Waals surface area (Å²) in [6, 6.07) is 13.1. The summed E-state index contributed by atoms with van der Waals surface area (Å²) in [5.74, 6) is -0.822. The minimum Gasteiger partial charge on any atom is -0.298 e. The van der Waals surface area contributed by atoms with Gasteiger partial charge in [-0.2, -0.15) is 0 Å². The molecule has 2 aromatic carbocycles. The van der Waals surface area contributed by atoms with Crippen LogP contribution in [0.3, 0.4) is 0 Å². The molecule has 3 aromatic rings. The third-order valence-electron chi connectivity index (χ3n) is 3.15. The predicted molar refractivity (Wildman–Crippen MR) is 90.7 cm³/mol. The zero-order chi connectivity index (χ0) is 16.2. The van der Waals surface area contributed by atoms with E-state index in [0.29, 0.717) is 16.6 Å². The van der Waals surface area contributed by atoms with Crippen LogP contribution in [0.1, 0.15) is 20.8 Å². The van der Waals surface area contributed by atoms with Crippen LogP contribution in [0.4, 0.5) is 9.52 Å². The van der Waals surface area contributed by atoms with Crippen molar-refractivity contribution in [3.05, 3.63) is 81.6 Å². The molecule has 0 aliphatic carbocycles. The van der Waals surface area contributed by atoms with Crippen LogP contribution in [0.25, 0.3) is 0 Å². The van der Waals surface area contributed by atoms with Gasteiger partial charge in [-0.25, -0.2) is 9.37 Å². The predicted octanol–water partition coefficient (Wildman–Crippen LogP) is 4.78. The largest absolute Gasteiger partial charge is 0.298 e. The number of carbonyl (C=O) groups is 1. The van der Waals surface area contributed by atoms with Crippen LogP contribution in [0.15, 0.2) is 54.7 Å². The fourth-order valence-electron chi connectivity index (χ4n) is 2.05. The van der Waals surface area contributed by atoms with Gasteiger partial charge in [0.15, 0.2) is 5.13 Å². The van der Waals surface area contributed by atoms with Crippen LogP contribution in [0.5, 0.6) is 0 Å². The number of halogens is 2. The van der Waals surface area contributed by atoms with Crippen LogP contribution in [0.2, 0.25) is 5.02 Å². The molecule has 3 rings (SSSR count). The number of thiazole rings is 1. The average Bonchev–Trinajstić information content (AvgIpc) is 2.96. The topological polar surface area (TPSA) is 42.0 Å². The molecule has 0 aliphatic rings. The van der Waals surface area contributed by atoms with E-state index in [1.165, 1.54) is 29.5 Å². The lowest BCUT2D eigenvalue weighted by molar-refractivity contribution is 0.102. The highest BCUT2D eigenvalue weighted by Gasteiger charge is 2.10. The molecule has 1 N–H and O–H groups in total. The summed E-state index contributed by atoms with van der Waals surface area (Å²) in [5, 5.41) is 3.87. The molecule has 0 saturated heterocycles. The second-order valence-corrected chi connectivity index (χ2v) is 6.45. The van der Waals surface area contributed by atoms with Crippen LogP contribution in [-0.2, 0) is 6.42 Å². The van der Waals surface area contributed by atoms with Crippen molar-refractivity contribution < 1.29 is 9.18 Å². The molecule has 0 atom stereocenters. The SMILES string of the molecule is O=C(Nc1ncc(Cc2ccc(Cl)cc2)s1)c1cccc(F)c1. The highest BCUT2D eigenvalue weighted by atomic mass is 35.5. The summed E-state index contributed by atoms with van der Waals surface area (Å²) in [4.78, 5) is 17.2. The number of nitrogens with zero attached hydrogens (tertiary/aromatic N) is 1. The zero-order valence-corrected chi connectivity index (χ0v) is 13.5. The highest BCUT2D eigenvalue weighted by Crippen LogP contribution is 2.22. The fourth-order valence-corrected chi connectivity index (χ4v) is 3.02. The molecule has 0 bridgehead atoms. The second kappa shape index (κ2) is 6.89. The van der Waals surface area contributed by atoms with Crippen LogP contribution >= 0.6 is 22.9 Å². The molecule has 6 heteroatoms. The molecule has 1 aromatic heterocycles. The molecule has 0 spiro atoms. The van der Waals surface area contributed by atoms with E-state index in [1.54, 1.807) is 12.3 Å². The van der Waals surface area contributed by atoms with Crippen molar-refractivity contribution in [2.45, 2.75) is 6.42 Å². The van der Waals surface area contributed by atoms with Crippen molar-refractivity contribution in [3.8, 4) is 0 Å². The number of benzene rings is 2. The van der Waals surface area contributed by atoms with E-state index in [9.17, 15) is 9.18 Å². The number of rotatable bonds is 4. The monoisotopic (exact) mass is 346 g/mol. The lowest BCUT2D eigenvalue weighted by Crippen LogP contribution is -2.11. The van der Waals surface area contributed by atoms with Gasteiger partial charge in [-0.3, -0.25) is 10.1 Å². The number of nitrogens with one attached hydrogen (secondary N) is 1. The van der Waals surface area contributed by atoms with E-state index >= 15 is 0 Å². The van der Waals surface area contributed by atoms with Crippen molar-refractivity contribution in [3.63, 3.8) is 0 Å². The summed E-state index contributed by atoms with van der Waals surface area (Å²) in [5.41, 5.74) is 1.38. The Morgan fingerprint density at radius 1 is 1.22 bits per heavy atom. The van der Waals surface area contributed by atoms with E-state index in [1.807, 2.05) is 24.3 Å². The van der Waals surface area contributed by atoms with E-state index in [-0.39, 0.29) is 11.5 Å². The van der Waals surface area contributed by atoms with E-state index in [4.69, 9.17) is 11.6 Å². The van der Waals surface area contributed by atoms with Gasteiger partial charge < -0.3 is 0 Å². The van der Waals surface area contributed by atoms with E-state index < -0.39 is 5.82 Å². The standard InChI is InChI=1S/C17H12ClFN2OS/c18-13-6-4-11(5-7-13)8-15-10-20-17(23-15)21-16(22)12-2-1-3-14(19)9-12/h1-7,9-10H,8H2,(H,20,21,22). The van der Waals surface area contributed by atoms with Gasteiger partial charge in [-0.1, -0.05) is 29.8 Å². The normalized spacial score (nSPS) is 10.5. The molecule has 3 nitrogen and oxygen atoms in total. The molecular weight excluding hydrogens is 335 g/mol. The van der Waals surface area contributed by atoms with Crippen LogP contribution in [-0.4, -0.2) is 10.9 Å². The van der Waals surface area contributed by atoms with Crippen molar-refractivity contribution in [2.75, 3.05) is 5.32 Å². The summed E-state index contributed by atoms with van der Waals surface area (Å²) in [6.45, 7) is 0. The highest BCUT2D eigenvalue weighted by molar-refractivity contribution is 7.15. The van der Waals surface area contributed by atoms with Gasteiger partial charge in [0.25, 0.3) is 5.91 Å². The van der Waals surface area contributed by atoms with Gasteiger partial charge in [0.1, 0.15) is 5.82 Å². The first kappa shape index (κ1) is 15.6. The van der Waals surface area contributed by atoms with Crippen molar-refractivity contribution in [1.82, 2.24) is 4.98 Å². The number of hydrogen-bond acceptors (Lipinski definition) is 3. The third-order valence-corrected chi connectivity index (χ3v) is 4.32. The minimum atomic E-state index is -0.444. The Morgan fingerprint density at radius 2 is 2.00 bits per heavy atom.